The van der Waals surface area contributed by atoms with Gasteiger partial charge in [0.15, 0.2) is 0 Å². The van der Waals surface area contributed by atoms with Crippen LogP contribution in [0.4, 0.5) is 11.8 Å². The third-order valence-corrected chi connectivity index (χ3v) is 6.35. The van der Waals surface area contributed by atoms with Crippen LogP contribution in [0, 0.1) is 5.92 Å². The minimum absolute atomic E-state index is 0.438. The summed E-state index contributed by atoms with van der Waals surface area (Å²) >= 11 is 0. The van der Waals surface area contributed by atoms with Crippen molar-refractivity contribution >= 4 is 22.7 Å². The van der Waals surface area contributed by atoms with E-state index in [0.717, 1.165) is 73.3 Å². The largest absolute Gasteiger partial charge is 0.494 e. The lowest BCUT2D eigenvalue weighted by Gasteiger charge is -2.29. The third-order valence-electron chi connectivity index (χ3n) is 6.35. The molecule has 6 nitrogen and oxygen atoms in total. The topological polar surface area (TPSA) is 62.3 Å². The zero-order chi connectivity index (χ0) is 23.0. The molecule has 1 aromatic heterocycles. The fourth-order valence-corrected chi connectivity index (χ4v) is 4.50. The molecule has 0 aliphatic heterocycles. The second-order valence-electron chi connectivity index (χ2n) is 9.27. The number of rotatable bonds is 10. The summed E-state index contributed by atoms with van der Waals surface area (Å²) in [6.07, 6.45) is 5.80. The van der Waals surface area contributed by atoms with Gasteiger partial charge in [-0.15, -0.1) is 0 Å². The van der Waals surface area contributed by atoms with E-state index in [4.69, 9.17) is 14.7 Å². The normalized spacial score (nSPS) is 18.3. The summed E-state index contributed by atoms with van der Waals surface area (Å²) in [6.45, 7) is 4.88. The van der Waals surface area contributed by atoms with E-state index in [1.807, 2.05) is 26.2 Å². The molecule has 176 valence electrons. The Bertz CT molecular complexity index is 1010. The summed E-state index contributed by atoms with van der Waals surface area (Å²) in [5.74, 6) is 3.39. The Morgan fingerprint density at radius 1 is 0.970 bits per heavy atom. The fourth-order valence-electron chi connectivity index (χ4n) is 4.50. The van der Waals surface area contributed by atoms with Gasteiger partial charge in [-0.3, -0.25) is 0 Å². The number of nitrogens with one attached hydrogen (secondary N) is 2. The van der Waals surface area contributed by atoms with Gasteiger partial charge in [0, 0.05) is 32.1 Å². The van der Waals surface area contributed by atoms with Gasteiger partial charge < -0.3 is 20.3 Å². The molecule has 33 heavy (non-hydrogen) atoms. The van der Waals surface area contributed by atoms with E-state index in [1.54, 1.807) is 0 Å². The van der Waals surface area contributed by atoms with Crippen LogP contribution in [0.5, 0.6) is 5.75 Å². The predicted octanol–water partition coefficient (Wildman–Crippen LogP) is 5.25. The average molecular weight is 448 g/mol. The number of nitrogens with zero attached hydrogens (tertiary/aromatic N) is 3. The van der Waals surface area contributed by atoms with Crippen molar-refractivity contribution < 1.29 is 4.74 Å². The van der Waals surface area contributed by atoms with Crippen LogP contribution in [-0.2, 0) is 6.54 Å². The van der Waals surface area contributed by atoms with Crippen molar-refractivity contribution in [3.63, 3.8) is 0 Å². The van der Waals surface area contributed by atoms with Crippen LogP contribution < -0.4 is 20.3 Å². The smallest absolute Gasteiger partial charge is 0.225 e. The number of hydrogen-bond donors (Lipinski definition) is 2. The molecule has 0 atom stereocenters. The molecule has 0 bridgehead atoms. The number of para-hydroxylation sites is 1. The van der Waals surface area contributed by atoms with E-state index in [1.165, 1.54) is 18.4 Å². The molecule has 1 fully saturated rings. The molecule has 0 radical (unpaired) electrons. The Morgan fingerprint density at radius 3 is 2.45 bits per heavy atom. The van der Waals surface area contributed by atoms with Gasteiger partial charge in [-0.25, -0.2) is 4.98 Å². The first kappa shape index (κ1) is 23.3. The zero-order valence-corrected chi connectivity index (χ0v) is 20.2. The van der Waals surface area contributed by atoms with Crippen LogP contribution in [0.1, 0.15) is 44.6 Å². The van der Waals surface area contributed by atoms with Crippen molar-refractivity contribution in [1.29, 1.82) is 0 Å². The molecule has 3 aromatic rings. The van der Waals surface area contributed by atoms with Crippen LogP contribution in [0.15, 0.2) is 48.5 Å². The highest BCUT2D eigenvalue weighted by atomic mass is 16.5. The number of aromatic nitrogens is 2. The number of anilines is 2. The molecule has 1 saturated carbocycles. The van der Waals surface area contributed by atoms with Crippen LogP contribution in [0.3, 0.4) is 0 Å². The van der Waals surface area contributed by atoms with Crippen molar-refractivity contribution in [2.24, 2.45) is 5.92 Å². The minimum atomic E-state index is 0.438. The number of fused-ring (bicyclic) bond motifs is 1. The highest BCUT2D eigenvalue weighted by Crippen LogP contribution is 2.28. The molecule has 2 aromatic carbocycles. The van der Waals surface area contributed by atoms with E-state index in [2.05, 4.69) is 58.9 Å². The van der Waals surface area contributed by atoms with Gasteiger partial charge in [-0.05, 0) is 74.4 Å². The van der Waals surface area contributed by atoms with E-state index in [0.29, 0.717) is 6.04 Å². The molecule has 1 aliphatic carbocycles. The highest BCUT2D eigenvalue weighted by molar-refractivity contribution is 5.90. The van der Waals surface area contributed by atoms with E-state index >= 15 is 0 Å². The van der Waals surface area contributed by atoms with Crippen LogP contribution >= 0.6 is 0 Å². The minimum Gasteiger partial charge on any atom is -0.494 e. The summed E-state index contributed by atoms with van der Waals surface area (Å²) in [5, 5.41) is 8.35. The maximum absolute atomic E-state index is 5.66. The van der Waals surface area contributed by atoms with Gasteiger partial charge >= 0.3 is 0 Å². The van der Waals surface area contributed by atoms with E-state index in [9.17, 15) is 0 Å². The summed E-state index contributed by atoms with van der Waals surface area (Å²) in [4.78, 5) is 11.6. The number of hydrogen-bond acceptors (Lipinski definition) is 6. The van der Waals surface area contributed by atoms with E-state index in [-0.39, 0.29) is 0 Å². The molecular weight excluding hydrogens is 410 g/mol. The molecule has 2 N–H and O–H groups in total. The second-order valence-corrected chi connectivity index (χ2v) is 9.27. The van der Waals surface area contributed by atoms with Crippen molar-refractivity contribution in [2.45, 2.75) is 51.6 Å². The Kier molecular flexibility index (Phi) is 8.00. The maximum atomic E-state index is 5.66. The molecule has 0 amide bonds. The van der Waals surface area contributed by atoms with Crippen molar-refractivity contribution in [2.75, 3.05) is 37.5 Å². The maximum Gasteiger partial charge on any atom is 0.225 e. The van der Waals surface area contributed by atoms with Gasteiger partial charge in [-0.2, -0.15) is 4.98 Å². The summed E-state index contributed by atoms with van der Waals surface area (Å²) in [5.41, 5.74) is 2.29. The van der Waals surface area contributed by atoms with Crippen molar-refractivity contribution in [3.8, 4) is 5.75 Å². The SMILES string of the molecule is CCCOc1ccc(CNC[C@H]2CC[C@@H](Nc3nc(N(C)C)c4ccccc4n3)CC2)cc1. The lowest BCUT2D eigenvalue weighted by Crippen LogP contribution is -2.31. The Balaban J connectivity index is 1.23. The number of benzene rings is 2. The summed E-state index contributed by atoms with van der Waals surface area (Å²) in [6, 6.07) is 17.1. The lowest BCUT2D eigenvalue weighted by atomic mass is 9.86. The van der Waals surface area contributed by atoms with Crippen LogP contribution in [0.2, 0.25) is 0 Å². The third kappa shape index (κ3) is 6.35. The molecule has 0 unspecified atom stereocenters. The molecule has 4 rings (SSSR count). The molecule has 0 saturated heterocycles. The summed E-state index contributed by atoms with van der Waals surface area (Å²) in [7, 11) is 4.07. The van der Waals surface area contributed by atoms with Crippen molar-refractivity contribution in [3.05, 3.63) is 54.1 Å². The van der Waals surface area contributed by atoms with Gasteiger partial charge in [0.25, 0.3) is 0 Å². The van der Waals surface area contributed by atoms with Crippen LogP contribution in [-0.4, -0.2) is 43.3 Å². The van der Waals surface area contributed by atoms with Gasteiger partial charge in [0.05, 0.1) is 12.1 Å². The zero-order valence-electron chi connectivity index (χ0n) is 20.2. The Hall–Kier alpha value is -2.86. The Morgan fingerprint density at radius 2 is 1.73 bits per heavy atom. The first-order chi connectivity index (χ1) is 16.1. The van der Waals surface area contributed by atoms with Gasteiger partial charge in [-0.1, -0.05) is 31.2 Å². The Labute approximate surface area is 197 Å². The molecular formula is C27H37N5O. The first-order valence-corrected chi connectivity index (χ1v) is 12.3. The first-order valence-electron chi connectivity index (χ1n) is 12.3. The van der Waals surface area contributed by atoms with Crippen LogP contribution in [0.25, 0.3) is 10.9 Å². The van der Waals surface area contributed by atoms with Crippen molar-refractivity contribution in [1.82, 2.24) is 15.3 Å². The summed E-state index contributed by atoms with van der Waals surface area (Å²) < 4.78 is 5.66. The number of ether oxygens (including phenoxy) is 1. The predicted molar refractivity (Wildman–Crippen MR) is 137 cm³/mol. The quantitative estimate of drug-likeness (QED) is 0.443. The van der Waals surface area contributed by atoms with Gasteiger partial charge in [0.1, 0.15) is 11.6 Å². The molecule has 1 heterocycles. The monoisotopic (exact) mass is 447 g/mol. The molecule has 1 aliphatic rings. The average Bonchev–Trinajstić information content (AvgIpc) is 2.84. The lowest BCUT2D eigenvalue weighted by molar-refractivity contribution is 0.317. The fraction of sp³-hybridized carbons (Fsp3) is 0.481. The van der Waals surface area contributed by atoms with E-state index < -0.39 is 0 Å². The highest BCUT2D eigenvalue weighted by Gasteiger charge is 2.22. The molecule has 0 spiro atoms. The second kappa shape index (κ2) is 11.3. The van der Waals surface area contributed by atoms with Gasteiger partial charge in [0.2, 0.25) is 5.95 Å². The standard InChI is InChI=1S/C27H37N5O/c1-4-17-33-23-15-11-21(12-16-23)19-28-18-20-9-13-22(14-10-20)29-27-30-25-8-6-5-7-24(25)26(31-27)32(2)3/h5-8,11-12,15-16,20,22,28H,4,9-10,13-14,17-19H2,1-3H3,(H,29,30,31)/t20-,22+. The molecule has 6 heteroatoms.